The second-order valence-corrected chi connectivity index (χ2v) is 11.2. The monoisotopic (exact) mass is 468 g/mol. The predicted molar refractivity (Wildman–Crippen MR) is 138 cm³/mol. The minimum atomic E-state index is 0.141. The van der Waals surface area contributed by atoms with Gasteiger partial charge in [0.25, 0.3) is 5.91 Å². The summed E-state index contributed by atoms with van der Waals surface area (Å²) in [6.07, 6.45) is 3.41. The van der Waals surface area contributed by atoms with Crippen LogP contribution in [0.2, 0.25) is 0 Å². The highest BCUT2D eigenvalue weighted by Gasteiger charge is 2.32. The average Bonchev–Trinajstić information content (AvgIpc) is 3.21. The zero-order valence-electron chi connectivity index (χ0n) is 19.3. The molecule has 1 aromatic heterocycles. The topological polar surface area (TPSA) is 57.3 Å². The smallest absolute Gasteiger partial charge is 0.253 e. The van der Waals surface area contributed by atoms with E-state index >= 15 is 0 Å². The van der Waals surface area contributed by atoms with Gasteiger partial charge in [-0.3, -0.25) is 4.79 Å². The average molecular weight is 469 g/mol. The van der Waals surface area contributed by atoms with Crippen LogP contribution in [0.3, 0.4) is 0 Å². The van der Waals surface area contributed by atoms with Crippen LogP contribution in [0.15, 0.2) is 47.4 Å². The van der Waals surface area contributed by atoms with Crippen molar-refractivity contribution < 1.29 is 4.79 Å². The van der Waals surface area contributed by atoms with Gasteiger partial charge >= 0.3 is 0 Å². The summed E-state index contributed by atoms with van der Waals surface area (Å²) in [5.41, 5.74) is 3.09. The standard InChI is InChI=1S/C25H32N4OS2/c1-17(2)16-25(3)12-14-29(15-13-25)23(30)18-8-10-19(11-9-18)28-32-21-7-5-6-20-22(21)27-24(26-4)31-20/h5-11,17,28H,12-16H2,1-4H3,(H,26,27). The summed E-state index contributed by atoms with van der Waals surface area (Å²) in [5, 5.41) is 4.03. The van der Waals surface area contributed by atoms with Gasteiger partial charge in [0.2, 0.25) is 0 Å². The van der Waals surface area contributed by atoms with Gasteiger partial charge in [0.15, 0.2) is 5.13 Å². The molecular weight excluding hydrogens is 436 g/mol. The lowest BCUT2D eigenvalue weighted by molar-refractivity contribution is 0.0570. The number of likely N-dealkylation sites (tertiary alicyclic amines) is 1. The second kappa shape index (κ2) is 9.71. The van der Waals surface area contributed by atoms with Crippen molar-refractivity contribution in [3.05, 3.63) is 48.0 Å². The van der Waals surface area contributed by atoms with Gasteiger partial charge in [-0.25, -0.2) is 4.98 Å². The normalized spacial score (nSPS) is 15.8. The molecule has 0 radical (unpaired) electrons. The molecule has 5 nitrogen and oxygen atoms in total. The maximum Gasteiger partial charge on any atom is 0.253 e. The SMILES string of the molecule is CNc1nc2c(SNc3ccc(C(=O)N4CCC(C)(CC(C)C)CC4)cc3)cccc2s1. The number of aromatic nitrogens is 1. The zero-order chi connectivity index (χ0) is 22.7. The van der Waals surface area contributed by atoms with E-state index in [0.717, 1.165) is 57.4 Å². The number of carbonyl (C=O) groups excluding carboxylic acids is 1. The third kappa shape index (κ3) is 5.21. The molecule has 0 unspecified atom stereocenters. The molecule has 0 atom stereocenters. The van der Waals surface area contributed by atoms with Crippen LogP contribution in [-0.4, -0.2) is 35.9 Å². The molecule has 1 aliphatic rings. The van der Waals surface area contributed by atoms with Crippen molar-refractivity contribution in [3.63, 3.8) is 0 Å². The molecule has 0 aliphatic carbocycles. The van der Waals surface area contributed by atoms with Gasteiger partial charge < -0.3 is 14.9 Å². The fourth-order valence-electron chi connectivity index (χ4n) is 4.53. The number of benzene rings is 2. The number of fused-ring (bicyclic) bond motifs is 1. The number of anilines is 2. The Morgan fingerprint density at radius 2 is 1.91 bits per heavy atom. The van der Waals surface area contributed by atoms with E-state index in [9.17, 15) is 4.79 Å². The van der Waals surface area contributed by atoms with E-state index < -0.39 is 0 Å². The summed E-state index contributed by atoms with van der Waals surface area (Å²) in [6, 6.07) is 14.0. The predicted octanol–water partition coefficient (Wildman–Crippen LogP) is 6.75. The van der Waals surface area contributed by atoms with E-state index in [1.807, 2.05) is 36.2 Å². The molecule has 2 heterocycles. The van der Waals surface area contributed by atoms with Crippen LogP contribution in [0, 0.1) is 11.3 Å². The van der Waals surface area contributed by atoms with Gasteiger partial charge in [-0.2, -0.15) is 0 Å². The maximum atomic E-state index is 13.0. The van der Waals surface area contributed by atoms with Crippen molar-refractivity contribution in [2.75, 3.05) is 30.2 Å². The highest BCUT2D eigenvalue weighted by Crippen LogP contribution is 2.37. The summed E-state index contributed by atoms with van der Waals surface area (Å²) < 4.78 is 4.55. The first-order chi connectivity index (χ1) is 15.4. The summed E-state index contributed by atoms with van der Waals surface area (Å²) in [6.45, 7) is 8.65. The summed E-state index contributed by atoms with van der Waals surface area (Å²) in [7, 11) is 1.89. The molecule has 32 heavy (non-hydrogen) atoms. The fraction of sp³-hybridized carbons (Fsp3) is 0.440. The number of hydrogen-bond acceptors (Lipinski definition) is 6. The Bertz CT molecular complexity index is 1070. The Balaban J connectivity index is 1.36. The number of thiazole rings is 1. The number of nitrogens with zero attached hydrogens (tertiary/aromatic N) is 2. The first-order valence-electron chi connectivity index (χ1n) is 11.3. The van der Waals surface area contributed by atoms with Gasteiger partial charge in [0.05, 0.1) is 15.1 Å². The molecule has 170 valence electrons. The van der Waals surface area contributed by atoms with E-state index in [0.29, 0.717) is 11.3 Å². The second-order valence-electron chi connectivity index (χ2n) is 9.35. The highest BCUT2D eigenvalue weighted by atomic mass is 32.2. The number of para-hydroxylation sites is 1. The Labute approximate surface area is 199 Å². The van der Waals surface area contributed by atoms with Gasteiger partial charge in [-0.1, -0.05) is 38.2 Å². The van der Waals surface area contributed by atoms with Crippen molar-refractivity contribution in [3.8, 4) is 0 Å². The molecule has 2 N–H and O–H groups in total. The van der Waals surface area contributed by atoms with E-state index in [-0.39, 0.29) is 5.91 Å². The minimum absolute atomic E-state index is 0.141. The van der Waals surface area contributed by atoms with E-state index in [2.05, 4.69) is 54.0 Å². The summed E-state index contributed by atoms with van der Waals surface area (Å²) in [4.78, 5) is 20.7. The van der Waals surface area contributed by atoms with Gasteiger partial charge in [0.1, 0.15) is 0 Å². The quantitative estimate of drug-likeness (QED) is 0.376. The van der Waals surface area contributed by atoms with Crippen LogP contribution < -0.4 is 10.0 Å². The molecule has 0 saturated carbocycles. The Morgan fingerprint density at radius 1 is 1.19 bits per heavy atom. The van der Waals surface area contributed by atoms with E-state index in [4.69, 9.17) is 0 Å². The lowest BCUT2D eigenvalue weighted by Crippen LogP contribution is -2.42. The van der Waals surface area contributed by atoms with Crippen LogP contribution in [0.4, 0.5) is 10.8 Å². The van der Waals surface area contributed by atoms with Crippen molar-refractivity contribution in [2.45, 2.75) is 44.9 Å². The molecule has 1 fully saturated rings. The molecular formula is C25H32N4OS2. The highest BCUT2D eigenvalue weighted by molar-refractivity contribution is 8.00. The molecule has 0 bridgehead atoms. The molecule has 1 amide bonds. The van der Waals surface area contributed by atoms with Crippen LogP contribution >= 0.6 is 23.3 Å². The van der Waals surface area contributed by atoms with Crippen molar-refractivity contribution in [2.24, 2.45) is 11.3 Å². The molecule has 7 heteroatoms. The minimum Gasteiger partial charge on any atom is -0.365 e. The lowest BCUT2D eigenvalue weighted by Gasteiger charge is -2.40. The molecule has 2 aromatic carbocycles. The van der Waals surface area contributed by atoms with Crippen LogP contribution in [0.1, 0.15) is 50.4 Å². The van der Waals surface area contributed by atoms with Crippen molar-refractivity contribution in [1.82, 2.24) is 9.88 Å². The lowest BCUT2D eigenvalue weighted by atomic mass is 9.74. The van der Waals surface area contributed by atoms with Crippen molar-refractivity contribution in [1.29, 1.82) is 0 Å². The Hall–Kier alpha value is -2.25. The van der Waals surface area contributed by atoms with Gasteiger partial charge in [-0.15, -0.1) is 0 Å². The number of carbonyl (C=O) groups is 1. The van der Waals surface area contributed by atoms with Crippen LogP contribution in [-0.2, 0) is 0 Å². The number of piperidine rings is 1. The van der Waals surface area contributed by atoms with E-state index in [1.165, 1.54) is 6.42 Å². The number of nitrogens with one attached hydrogen (secondary N) is 2. The van der Waals surface area contributed by atoms with Gasteiger partial charge in [-0.05, 0) is 78.9 Å². The molecule has 0 spiro atoms. The molecule has 1 saturated heterocycles. The molecule has 3 aromatic rings. The number of hydrogen-bond donors (Lipinski definition) is 2. The van der Waals surface area contributed by atoms with Crippen LogP contribution in [0.5, 0.6) is 0 Å². The largest absolute Gasteiger partial charge is 0.365 e. The number of rotatable bonds is 7. The molecule has 1 aliphatic heterocycles. The first-order valence-corrected chi connectivity index (χ1v) is 12.9. The van der Waals surface area contributed by atoms with Crippen molar-refractivity contribution >= 4 is 50.2 Å². The number of amides is 1. The fourth-order valence-corrected chi connectivity index (χ4v) is 6.20. The Kier molecular flexibility index (Phi) is 6.96. The van der Waals surface area contributed by atoms with Gasteiger partial charge in [0, 0.05) is 31.4 Å². The summed E-state index contributed by atoms with van der Waals surface area (Å²) >= 11 is 3.19. The maximum absolute atomic E-state index is 13.0. The third-order valence-electron chi connectivity index (χ3n) is 6.17. The first kappa shape index (κ1) is 22.9. The summed E-state index contributed by atoms with van der Waals surface area (Å²) in [5.74, 6) is 0.843. The Morgan fingerprint density at radius 3 is 2.56 bits per heavy atom. The van der Waals surface area contributed by atoms with Crippen LogP contribution in [0.25, 0.3) is 10.2 Å². The van der Waals surface area contributed by atoms with E-state index in [1.54, 1.807) is 23.3 Å². The zero-order valence-corrected chi connectivity index (χ0v) is 20.9. The molecule has 4 rings (SSSR count). The third-order valence-corrected chi connectivity index (χ3v) is 8.09.